The molecule has 1 saturated carbocycles. The Morgan fingerprint density at radius 2 is 2.12 bits per heavy atom. The van der Waals surface area contributed by atoms with Gasteiger partial charge in [0.25, 0.3) is 0 Å². The van der Waals surface area contributed by atoms with Gasteiger partial charge in [-0.15, -0.1) is 0 Å². The van der Waals surface area contributed by atoms with Crippen LogP contribution in [0.5, 0.6) is 5.75 Å². The molecule has 92 valence electrons. The molecule has 0 saturated heterocycles. The fourth-order valence-corrected chi connectivity index (χ4v) is 2.45. The molecule has 1 fully saturated rings. The highest BCUT2D eigenvalue weighted by Gasteiger charge is 2.17. The lowest BCUT2D eigenvalue weighted by atomic mass is 10.1. The van der Waals surface area contributed by atoms with Crippen LogP contribution in [-0.2, 0) is 11.2 Å². The number of carbonyl (C=O) groups excluding carboxylic acids is 1. The van der Waals surface area contributed by atoms with Crippen LogP contribution in [0.3, 0.4) is 0 Å². The van der Waals surface area contributed by atoms with E-state index in [2.05, 4.69) is 0 Å². The summed E-state index contributed by atoms with van der Waals surface area (Å²) in [6, 6.07) is 5.80. The van der Waals surface area contributed by atoms with E-state index in [1.54, 1.807) is 0 Å². The molecule has 0 aliphatic heterocycles. The molecule has 3 heteroatoms. The minimum Gasteiger partial charge on any atom is -0.489 e. The smallest absolute Gasteiger partial charge is 0.138 e. The van der Waals surface area contributed by atoms with Crippen LogP contribution in [0.2, 0.25) is 5.02 Å². The predicted octanol–water partition coefficient (Wildman–Crippen LogP) is 3.79. The predicted molar refractivity (Wildman–Crippen MR) is 68.7 cm³/mol. The third-order valence-electron chi connectivity index (χ3n) is 3.14. The van der Waals surface area contributed by atoms with E-state index >= 15 is 0 Å². The van der Waals surface area contributed by atoms with Crippen molar-refractivity contribution in [1.29, 1.82) is 0 Å². The third-order valence-corrected chi connectivity index (χ3v) is 3.44. The van der Waals surface area contributed by atoms with Crippen molar-refractivity contribution in [3.8, 4) is 5.75 Å². The first kappa shape index (κ1) is 12.4. The Morgan fingerprint density at radius 3 is 2.76 bits per heavy atom. The first-order valence-electron chi connectivity index (χ1n) is 6.18. The number of halogens is 1. The number of carbonyl (C=O) groups is 1. The van der Waals surface area contributed by atoms with Crippen LogP contribution in [0.15, 0.2) is 18.2 Å². The van der Waals surface area contributed by atoms with E-state index in [9.17, 15) is 4.79 Å². The number of hydrogen-bond donors (Lipinski definition) is 0. The summed E-state index contributed by atoms with van der Waals surface area (Å²) in [5, 5.41) is 0.653. The Balaban J connectivity index is 2.00. The molecule has 2 rings (SSSR count). The molecule has 0 bridgehead atoms. The summed E-state index contributed by atoms with van der Waals surface area (Å²) in [7, 11) is 0. The van der Waals surface area contributed by atoms with Crippen LogP contribution >= 0.6 is 11.6 Å². The van der Waals surface area contributed by atoms with Gasteiger partial charge in [0.2, 0.25) is 0 Å². The summed E-state index contributed by atoms with van der Waals surface area (Å²) >= 11 is 6.17. The van der Waals surface area contributed by atoms with Gasteiger partial charge in [0.05, 0.1) is 11.1 Å². The normalized spacial score (nSPS) is 16.1. The molecule has 1 aliphatic rings. The first-order chi connectivity index (χ1) is 8.29. The van der Waals surface area contributed by atoms with Crippen molar-refractivity contribution in [3.05, 3.63) is 28.8 Å². The van der Waals surface area contributed by atoms with Gasteiger partial charge < -0.3 is 9.53 Å². The molecule has 0 radical (unpaired) electrons. The zero-order valence-electron chi connectivity index (χ0n) is 9.82. The van der Waals surface area contributed by atoms with Gasteiger partial charge in [-0.1, -0.05) is 17.7 Å². The molecule has 0 heterocycles. The lowest BCUT2D eigenvalue weighted by Gasteiger charge is -2.14. The highest BCUT2D eigenvalue weighted by Crippen LogP contribution is 2.30. The maximum atomic E-state index is 10.3. The van der Waals surface area contributed by atoms with Crippen molar-refractivity contribution in [2.24, 2.45) is 0 Å². The van der Waals surface area contributed by atoms with Crippen molar-refractivity contribution < 1.29 is 9.53 Å². The molecule has 17 heavy (non-hydrogen) atoms. The van der Waals surface area contributed by atoms with Gasteiger partial charge in [-0.2, -0.15) is 0 Å². The number of aryl methyl sites for hydroxylation is 1. The van der Waals surface area contributed by atoms with Gasteiger partial charge in [-0.25, -0.2) is 0 Å². The Kier molecular flexibility index (Phi) is 4.43. The van der Waals surface area contributed by atoms with Gasteiger partial charge >= 0.3 is 0 Å². The summed E-state index contributed by atoms with van der Waals surface area (Å²) in [6.07, 6.45) is 7.29. The second-order valence-electron chi connectivity index (χ2n) is 4.49. The topological polar surface area (TPSA) is 26.3 Å². The number of rotatable bonds is 5. The molecule has 0 unspecified atom stereocenters. The van der Waals surface area contributed by atoms with E-state index in [1.165, 1.54) is 12.8 Å². The van der Waals surface area contributed by atoms with Crippen LogP contribution in [0.4, 0.5) is 0 Å². The van der Waals surface area contributed by atoms with Gasteiger partial charge in [0.1, 0.15) is 12.0 Å². The van der Waals surface area contributed by atoms with E-state index in [0.717, 1.165) is 36.9 Å². The van der Waals surface area contributed by atoms with Crippen LogP contribution in [0, 0.1) is 0 Å². The third kappa shape index (κ3) is 3.47. The standard InChI is InChI=1S/C14H17ClO2/c15-13-10-11(4-3-9-16)7-8-14(13)17-12-5-1-2-6-12/h7-10,12H,1-6H2. The summed E-state index contributed by atoms with van der Waals surface area (Å²) in [6.45, 7) is 0. The summed E-state index contributed by atoms with van der Waals surface area (Å²) in [5.74, 6) is 0.772. The fourth-order valence-electron chi connectivity index (χ4n) is 2.21. The number of aldehydes is 1. The number of ether oxygens (including phenoxy) is 1. The number of benzene rings is 1. The van der Waals surface area contributed by atoms with Crippen molar-refractivity contribution >= 4 is 17.9 Å². The maximum absolute atomic E-state index is 10.3. The lowest BCUT2D eigenvalue weighted by Crippen LogP contribution is -2.11. The van der Waals surface area contributed by atoms with E-state index in [-0.39, 0.29) is 0 Å². The van der Waals surface area contributed by atoms with Crippen molar-refractivity contribution in [3.63, 3.8) is 0 Å². The Labute approximate surface area is 107 Å². The van der Waals surface area contributed by atoms with Crippen LogP contribution in [0.1, 0.15) is 37.7 Å². The molecular weight excluding hydrogens is 236 g/mol. The molecular formula is C14H17ClO2. The zero-order valence-corrected chi connectivity index (χ0v) is 10.6. The van der Waals surface area contributed by atoms with Crippen molar-refractivity contribution in [2.45, 2.75) is 44.6 Å². The molecule has 0 spiro atoms. The molecule has 0 amide bonds. The summed E-state index contributed by atoms with van der Waals surface area (Å²) in [4.78, 5) is 10.3. The lowest BCUT2D eigenvalue weighted by molar-refractivity contribution is -0.107. The first-order valence-corrected chi connectivity index (χ1v) is 6.56. The highest BCUT2D eigenvalue weighted by atomic mass is 35.5. The second kappa shape index (κ2) is 6.06. The molecule has 0 N–H and O–H groups in total. The molecule has 0 aromatic heterocycles. The molecule has 0 atom stereocenters. The van der Waals surface area contributed by atoms with Gasteiger partial charge in [-0.3, -0.25) is 0 Å². The SMILES string of the molecule is O=CCCc1ccc(OC2CCCC2)c(Cl)c1. The largest absolute Gasteiger partial charge is 0.489 e. The van der Waals surface area contributed by atoms with Crippen LogP contribution in [0.25, 0.3) is 0 Å². The highest BCUT2D eigenvalue weighted by molar-refractivity contribution is 6.32. The minimum atomic E-state index is 0.327. The fraction of sp³-hybridized carbons (Fsp3) is 0.500. The zero-order chi connectivity index (χ0) is 12.1. The molecule has 1 aromatic rings. The Bertz CT molecular complexity index is 384. The average molecular weight is 253 g/mol. The quantitative estimate of drug-likeness (QED) is 0.746. The summed E-state index contributed by atoms with van der Waals surface area (Å²) in [5.41, 5.74) is 1.08. The average Bonchev–Trinajstić information content (AvgIpc) is 2.82. The van der Waals surface area contributed by atoms with Gasteiger partial charge in [0.15, 0.2) is 0 Å². The Morgan fingerprint density at radius 1 is 1.35 bits per heavy atom. The molecule has 2 nitrogen and oxygen atoms in total. The van der Waals surface area contributed by atoms with Gasteiger partial charge in [0, 0.05) is 6.42 Å². The van der Waals surface area contributed by atoms with Crippen molar-refractivity contribution in [2.75, 3.05) is 0 Å². The van der Waals surface area contributed by atoms with Crippen LogP contribution < -0.4 is 4.74 Å². The maximum Gasteiger partial charge on any atom is 0.138 e. The van der Waals surface area contributed by atoms with Crippen molar-refractivity contribution in [1.82, 2.24) is 0 Å². The Hall–Kier alpha value is -1.02. The molecule has 1 aromatic carbocycles. The van der Waals surface area contributed by atoms with Crippen LogP contribution in [-0.4, -0.2) is 12.4 Å². The molecule has 1 aliphatic carbocycles. The van der Waals surface area contributed by atoms with E-state index in [4.69, 9.17) is 16.3 Å². The minimum absolute atomic E-state index is 0.327. The number of hydrogen-bond acceptors (Lipinski definition) is 2. The van der Waals surface area contributed by atoms with E-state index in [0.29, 0.717) is 17.5 Å². The second-order valence-corrected chi connectivity index (χ2v) is 4.90. The van der Waals surface area contributed by atoms with E-state index < -0.39 is 0 Å². The summed E-state index contributed by atoms with van der Waals surface area (Å²) < 4.78 is 5.86. The monoisotopic (exact) mass is 252 g/mol. The van der Waals surface area contributed by atoms with E-state index in [1.807, 2.05) is 18.2 Å². The van der Waals surface area contributed by atoms with Gasteiger partial charge in [-0.05, 0) is 49.8 Å².